The van der Waals surface area contributed by atoms with E-state index in [4.69, 9.17) is 16.3 Å². The molecule has 0 spiro atoms. The van der Waals surface area contributed by atoms with Gasteiger partial charge in [-0.15, -0.1) is 0 Å². The Morgan fingerprint density at radius 2 is 1.52 bits per heavy atom. The second kappa shape index (κ2) is 9.93. The van der Waals surface area contributed by atoms with E-state index in [0.717, 1.165) is 5.69 Å². The molecular weight excluding hydrogens is 394 g/mol. The first-order valence-corrected chi connectivity index (χ1v) is 9.68. The molecule has 0 atom stereocenters. The first-order valence-electron chi connectivity index (χ1n) is 9.30. The SMILES string of the molecule is O=C(Cc1ccccc1Cl)OCC(=O)N1CCN(C(=O)Nc2ccccc2)CC1. The number of nitrogens with one attached hydrogen (secondary N) is 1. The van der Waals surface area contributed by atoms with Crippen LogP contribution in [0.5, 0.6) is 0 Å². The number of urea groups is 1. The van der Waals surface area contributed by atoms with Crippen molar-refractivity contribution in [1.29, 1.82) is 0 Å². The molecule has 8 heteroatoms. The van der Waals surface area contributed by atoms with Crippen LogP contribution < -0.4 is 5.32 Å². The quantitative estimate of drug-likeness (QED) is 0.761. The minimum Gasteiger partial charge on any atom is -0.455 e. The van der Waals surface area contributed by atoms with Gasteiger partial charge in [0.25, 0.3) is 5.91 Å². The lowest BCUT2D eigenvalue weighted by molar-refractivity contribution is -0.152. The summed E-state index contributed by atoms with van der Waals surface area (Å²) >= 11 is 6.02. The average Bonchev–Trinajstić information content (AvgIpc) is 2.74. The van der Waals surface area contributed by atoms with Crippen molar-refractivity contribution in [3.05, 3.63) is 65.2 Å². The van der Waals surface area contributed by atoms with E-state index in [0.29, 0.717) is 36.8 Å². The molecule has 1 saturated heterocycles. The van der Waals surface area contributed by atoms with Gasteiger partial charge in [0.05, 0.1) is 6.42 Å². The number of anilines is 1. The van der Waals surface area contributed by atoms with Crippen LogP contribution in [0.25, 0.3) is 0 Å². The largest absolute Gasteiger partial charge is 0.455 e. The molecule has 0 bridgehead atoms. The number of para-hydroxylation sites is 1. The van der Waals surface area contributed by atoms with Gasteiger partial charge in [0.2, 0.25) is 0 Å². The minimum atomic E-state index is -0.507. The van der Waals surface area contributed by atoms with Crippen LogP contribution in [0.15, 0.2) is 54.6 Å². The van der Waals surface area contributed by atoms with Crippen LogP contribution in [-0.2, 0) is 20.7 Å². The number of rotatable bonds is 5. The highest BCUT2D eigenvalue weighted by atomic mass is 35.5. The molecule has 152 valence electrons. The Balaban J connectivity index is 1.40. The number of amides is 3. The van der Waals surface area contributed by atoms with E-state index < -0.39 is 5.97 Å². The number of benzene rings is 2. The molecule has 0 radical (unpaired) electrons. The fourth-order valence-electron chi connectivity index (χ4n) is 2.96. The summed E-state index contributed by atoms with van der Waals surface area (Å²) in [5, 5.41) is 3.31. The topological polar surface area (TPSA) is 79.0 Å². The van der Waals surface area contributed by atoms with Crippen LogP contribution in [0.2, 0.25) is 5.02 Å². The van der Waals surface area contributed by atoms with Crippen molar-refractivity contribution in [2.24, 2.45) is 0 Å². The normalized spacial score (nSPS) is 13.7. The van der Waals surface area contributed by atoms with Crippen LogP contribution in [0, 0.1) is 0 Å². The Morgan fingerprint density at radius 1 is 0.897 bits per heavy atom. The van der Waals surface area contributed by atoms with Crippen molar-refractivity contribution >= 4 is 35.2 Å². The molecule has 0 aromatic heterocycles. The zero-order valence-electron chi connectivity index (χ0n) is 15.8. The summed E-state index contributed by atoms with van der Waals surface area (Å²) in [6.07, 6.45) is 0.0143. The van der Waals surface area contributed by atoms with Gasteiger partial charge in [0.15, 0.2) is 6.61 Å². The van der Waals surface area contributed by atoms with Crippen molar-refractivity contribution < 1.29 is 19.1 Å². The molecule has 7 nitrogen and oxygen atoms in total. The van der Waals surface area contributed by atoms with Gasteiger partial charge in [-0.1, -0.05) is 48.0 Å². The Morgan fingerprint density at radius 3 is 2.21 bits per heavy atom. The molecule has 1 heterocycles. The van der Waals surface area contributed by atoms with Crippen LogP contribution in [0.4, 0.5) is 10.5 Å². The van der Waals surface area contributed by atoms with Crippen LogP contribution >= 0.6 is 11.6 Å². The zero-order chi connectivity index (χ0) is 20.6. The predicted octanol–water partition coefficient (Wildman–Crippen LogP) is 2.80. The molecule has 0 unspecified atom stereocenters. The number of nitrogens with zero attached hydrogens (tertiary/aromatic N) is 2. The maximum atomic E-state index is 12.3. The molecule has 3 rings (SSSR count). The number of carbonyl (C=O) groups excluding carboxylic acids is 3. The van der Waals surface area contributed by atoms with E-state index in [-0.39, 0.29) is 25.0 Å². The Kier molecular flexibility index (Phi) is 7.08. The van der Waals surface area contributed by atoms with Gasteiger partial charge in [0.1, 0.15) is 0 Å². The van der Waals surface area contributed by atoms with Crippen molar-refractivity contribution in [1.82, 2.24) is 9.80 Å². The van der Waals surface area contributed by atoms with E-state index in [9.17, 15) is 14.4 Å². The number of esters is 1. The maximum Gasteiger partial charge on any atom is 0.321 e. The molecule has 1 fully saturated rings. The molecule has 2 aromatic carbocycles. The lowest BCUT2D eigenvalue weighted by Gasteiger charge is -2.34. The third-order valence-corrected chi connectivity index (χ3v) is 4.96. The van der Waals surface area contributed by atoms with Gasteiger partial charge in [-0.25, -0.2) is 4.79 Å². The molecule has 1 N–H and O–H groups in total. The van der Waals surface area contributed by atoms with Crippen molar-refractivity contribution in [2.45, 2.75) is 6.42 Å². The Labute approximate surface area is 174 Å². The molecule has 29 heavy (non-hydrogen) atoms. The molecule has 0 aliphatic carbocycles. The van der Waals surface area contributed by atoms with E-state index in [1.807, 2.05) is 30.3 Å². The first kappa shape index (κ1) is 20.7. The molecule has 1 aliphatic rings. The standard InChI is InChI=1S/C21H22ClN3O4/c22-18-9-5-4-6-16(18)14-20(27)29-15-19(26)24-10-12-25(13-11-24)21(28)23-17-7-2-1-3-8-17/h1-9H,10-15H2,(H,23,28). The summed E-state index contributed by atoms with van der Waals surface area (Å²) < 4.78 is 5.09. The van der Waals surface area contributed by atoms with Crippen molar-refractivity contribution in [2.75, 3.05) is 38.1 Å². The summed E-state index contributed by atoms with van der Waals surface area (Å²) in [6.45, 7) is 1.29. The summed E-state index contributed by atoms with van der Waals surface area (Å²) in [5.74, 6) is -0.784. The maximum absolute atomic E-state index is 12.3. The third kappa shape index (κ3) is 5.96. The monoisotopic (exact) mass is 415 g/mol. The molecule has 1 aliphatic heterocycles. The summed E-state index contributed by atoms with van der Waals surface area (Å²) in [4.78, 5) is 39.8. The predicted molar refractivity (Wildman–Crippen MR) is 110 cm³/mol. The van der Waals surface area contributed by atoms with Crippen LogP contribution in [-0.4, -0.2) is 60.5 Å². The van der Waals surface area contributed by atoms with Crippen molar-refractivity contribution in [3.63, 3.8) is 0 Å². The van der Waals surface area contributed by atoms with Crippen molar-refractivity contribution in [3.8, 4) is 0 Å². The lowest BCUT2D eigenvalue weighted by atomic mass is 10.1. The van der Waals surface area contributed by atoms with E-state index >= 15 is 0 Å². The highest BCUT2D eigenvalue weighted by Crippen LogP contribution is 2.16. The van der Waals surface area contributed by atoms with Gasteiger partial charge < -0.3 is 19.9 Å². The van der Waals surface area contributed by atoms with Gasteiger partial charge in [-0.05, 0) is 23.8 Å². The highest BCUT2D eigenvalue weighted by Gasteiger charge is 2.24. The second-order valence-corrected chi connectivity index (χ2v) is 7.00. The third-order valence-electron chi connectivity index (χ3n) is 4.59. The van der Waals surface area contributed by atoms with E-state index in [1.165, 1.54) is 0 Å². The Bertz CT molecular complexity index is 867. The summed E-state index contributed by atoms with van der Waals surface area (Å²) in [7, 11) is 0. The Hall–Kier alpha value is -3.06. The first-order chi connectivity index (χ1) is 14.0. The molecule has 2 aromatic rings. The number of piperazine rings is 1. The fourth-order valence-corrected chi connectivity index (χ4v) is 3.17. The van der Waals surface area contributed by atoms with E-state index in [1.54, 1.807) is 34.1 Å². The number of carbonyl (C=O) groups is 3. The molecule has 0 saturated carbocycles. The second-order valence-electron chi connectivity index (χ2n) is 6.59. The number of hydrogen-bond donors (Lipinski definition) is 1. The number of halogens is 1. The minimum absolute atomic E-state index is 0.0143. The van der Waals surface area contributed by atoms with Crippen LogP contribution in [0.3, 0.4) is 0 Å². The smallest absolute Gasteiger partial charge is 0.321 e. The van der Waals surface area contributed by atoms with Gasteiger partial charge in [-0.2, -0.15) is 0 Å². The lowest BCUT2D eigenvalue weighted by Crippen LogP contribution is -2.52. The van der Waals surface area contributed by atoms with Gasteiger partial charge in [0, 0.05) is 36.9 Å². The summed E-state index contributed by atoms with van der Waals surface area (Å²) in [6, 6.07) is 16.0. The summed E-state index contributed by atoms with van der Waals surface area (Å²) in [5.41, 5.74) is 1.38. The molecule has 3 amide bonds. The number of ether oxygens (including phenoxy) is 1. The van der Waals surface area contributed by atoms with Crippen LogP contribution in [0.1, 0.15) is 5.56 Å². The highest BCUT2D eigenvalue weighted by molar-refractivity contribution is 6.31. The number of hydrogen-bond acceptors (Lipinski definition) is 4. The fraction of sp³-hybridized carbons (Fsp3) is 0.286. The average molecular weight is 416 g/mol. The van der Waals surface area contributed by atoms with E-state index in [2.05, 4.69) is 5.32 Å². The van der Waals surface area contributed by atoms with Gasteiger partial charge >= 0.3 is 12.0 Å². The van der Waals surface area contributed by atoms with Gasteiger partial charge in [-0.3, -0.25) is 9.59 Å². The molecular formula is C21H22ClN3O4. The zero-order valence-corrected chi connectivity index (χ0v) is 16.6.